The summed E-state index contributed by atoms with van der Waals surface area (Å²) in [4.78, 5) is 25.0. The molecule has 0 spiro atoms. The van der Waals surface area contributed by atoms with Crippen LogP contribution in [0.3, 0.4) is 0 Å². The first-order valence-electron chi connectivity index (χ1n) is 9.21. The number of nitrogens with zero attached hydrogens (tertiary/aromatic N) is 4. The fourth-order valence-corrected chi connectivity index (χ4v) is 2.95. The Balaban J connectivity index is 1.40. The summed E-state index contributed by atoms with van der Waals surface area (Å²) < 4.78 is 7.63. The van der Waals surface area contributed by atoms with Gasteiger partial charge in [-0.2, -0.15) is 4.98 Å². The Bertz CT molecular complexity index is 1140. The topological polar surface area (TPSA) is 81.9 Å². The van der Waals surface area contributed by atoms with Crippen molar-refractivity contribution in [1.82, 2.24) is 19.5 Å². The zero-order chi connectivity index (χ0) is 20.9. The van der Waals surface area contributed by atoms with Crippen LogP contribution in [0, 0.1) is 6.92 Å². The van der Waals surface area contributed by atoms with E-state index >= 15 is 0 Å². The highest BCUT2D eigenvalue weighted by Crippen LogP contribution is 2.23. The Morgan fingerprint density at radius 3 is 2.57 bits per heavy atom. The van der Waals surface area contributed by atoms with Crippen LogP contribution >= 0.6 is 11.6 Å². The maximum atomic E-state index is 12.2. The van der Waals surface area contributed by atoms with Crippen molar-refractivity contribution in [3.05, 3.63) is 89.7 Å². The van der Waals surface area contributed by atoms with Gasteiger partial charge in [-0.1, -0.05) is 23.7 Å². The third kappa shape index (κ3) is 5.01. The molecule has 0 unspecified atom stereocenters. The van der Waals surface area contributed by atoms with Gasteiger partial charge in [0.15, 0.2) is 0 Å². The van der Waals surface area contributed by atoms with Gasteiger partial charge in [-0.15, -0.1) is 0 Å². The number of ether oxygens (including phenoxy) is 1. The standard InChI is InChI=1S/C22H18ClN5O2/c1-15-25-20(28-11-10-24-14-28)13-22(26-15)30-19-8-6-18(7-9-19)27-21(29)12-16-2-4-17(23)5-3-16/h2-11,13-14H,12H2,1H3,(H,27,29). The van der Waals surface area contributed by atoms with Gasteiger partial charge in [-0.25, -0.2) is 9.97 Å². The first kappa shape index (κ1) is 19.6. The van der Waals surface area contributed by atoms with Crippen LogP contribution in [0.4, 0.5) is 5.69 Å². The summed E-state index contributed by atoms with van der Waals surface area (Å²) in [6.07, 6.45) is 5.41. The molecular formula is C22H18ClN5O2. The third-order valence-corrected chi connectivity index (χ3v) is 4.46. The second kappa shape index (κ2) is 8.75. The molecule has 0 atom stereocenters. The number of carbonyl (C=O) groups is 1. The van der Waals surface area contributed by atoms with Crippen molar-refractivity contribution in [2.75, 3.05) is 5.32 Å². The number of anilines is 1. The van der Waals surface area contributed by atoms with Gasteiger partial charge in [-0.05, 0) is 48.9 Å². The number of carbonyl (C=O) groups excluding carboxylic acids is 1. The van der Waals surface area contributed by atoms with Crippen LogP contribution in [0.1, 0.15) is 11.4 Å². The van der Waals surface area contributed by atoms with Gasteiger partial charge in [0.25, 0.3) is 0 Å². The summed E-state index contributed by atoms with van der Waals surface area (Å²) in [6.45, 7) is 1.80. The first-order chi connectivity index (χ1) is 14.5. The lowest BCUT2D eigenvalue weighted by Crippen LogP contribution is -2.14. The smallest absolute Gasteiger partial charge is 0.228 e. The molecule has 0 aliphatic rings. The molecule has 30 heavy (non-hydrogen) atoms. The number of aryl methyl sites for hydroxylation is 1. The maximum absolute atomic E-state index is 12.2. The zero-order valence-electron chi connectivity index (χ0n) is 16.1. The predicted octanol–water partition coefficient (Wildman–Crippen LogP) is 4.60. The number of hydrogen-bond acceptors (Lipinski definition) is 5. The molecule has 2 aromatic carbocycles. The highest BCUT2D eigenvalue weighted by Gasteiger charge is 2.08. The molecule has 2 aromatic heterocycles. The maximum Gasteiger partial charge on any atom is 0.228 e. The van der Waals surface area contributed by atoms with Gasteiger partial charge in [0.05, 0.1) is 6.42 Å². The van der Waals surface area contributed by atoms with E-state index in [0.29, 0.717) is 34.0 Å². The number of hydrogen-bond donors (Lipinski definition) is 1. The summed E-state index contributed by atoms with van der Waals surface area (Å²) in [7, 11) is 0. The molecule has 0 radical (unpaired) electrons. The molecule has 1 amide bonds. The Labute approximate surface area is 178 Å². The van der Waals surface area contributed by atoms with Gasteiger partial charge < -0.3 is 10.1 Å². The Morgan fingerprint density at radius 2 is 1.87 bits per heavy atom. The summed E-state index contributed by atoms with van der Waals surface area (Å²) in [5.74, 6) is 2.16. The van der Waals surface area contributed by atoms with Crippen LogP contribution in [-0.2, 0) is 11.2 Å². The van der Waals surface area contributed by atoms with E-state index in [4.69, 9.17) is 16.3 Å². The molecule has 0 aliphatic heterocycles. The van der Waals surface area contributed by atoms with E-state index < -0.39 is 0 Å². The Hall–Kier alpha value is -3.71. The van der Waals surface area contributed by atoms with Crippen molar-refractivity contribution in [1.29, 1.82) is 0 Å². The summed E-state index contributed by atoms with van der Waals surface area (Å²) in [5.41, 5.74) is 1.57. The SMILES string of the molecule is Cc1nc(Oc2ccc(NC(=O)Cc3ccc(Cl)cc3)cc2)cc(-n2ccnc2)n1. The highest BCUT2D eigenvalue weighted by molar-refractivity contribution is 6.30. The van der Waals surface area contributed by atoms with Crippen LogP contribution in [0.5, 0.6) is 11.6 Å². The van der Waals surface area contributed by atoms with Gasteiger partial charge in [0, 0.05) is 29.2 Å². The molecule has 0 bridgehead atoms. The lowest BCUT2D eigenvalue weighted by molar-refractivity contribution is -0.115. The summed E-state index contributed by atoms with van der Waals surface area (Å²) in [5, 5.41) is 3.51. The van der Waals surface area contributed by atoms with E-state index in [9.17, 15) is 4.79 Å². The molecule has 8 heteroatoms. The van der Waals surface area contributed by atoms with Crippen molar-refractivity contribution >= 4 is 23.2 Å². The average molecular weight is 420 g/mol. The molecule has 2 heterocycles. The lowest BCUT2D eigenvalue weighted by atomic mass is 10.1. The normalized spacial score (nSPS) is 10.6. The monoisotopic (exact) mass is 419 g/mol. The van der Waals surface area contributed by atoms with Crippen molar-refractivity contribution in [2.24, 2.45) is 0 Å². The average Bonchev–Trinajstić information content (AvgIpc) is 3.26. The molecule has 4 rings (SSSR count). The Morgan fingerprint density at radius 1 is 1.10 bits per heavy atom. The number of amides is 1. The highest BCUT2D eigenvalue weighted by atomic mass is 35.5. The lowest BCUT2D eigenvalue weighted by Gasteiger charge is -2.09. The fourth-order valence-electron chi connectivity index (χ4n) is 2.82. The van der Waals surface area contributed by atoms with Crippen LogP contribution < -0.4 is 10.1 Å². The minimum atomic E-state index is -0.109. The molecule has 150 valence electrons. The van der Waals surface area contributed by atoms with Gasteiger partial charge >= 0.3 is 0 Å². The van der Waals surface area contributed by atoms with Crippen molar-refractivity contribution in [3.63, 3.8) is 0 Å². The molecule has 1 N–H and O–H groups in total. The minimum absolute atomic E-state index is 0.109. The largest absolute Gasteiger partial charge is 0.439 e. The van der Waals surface area contributed by atoms with E-state index in [0.717, 1.165) is 5.56 Å². The molecule has 0 aliphatic carbocycles. The quantitative estimate of drug-likeness (QED) is 0.494. The molecular weight excluding hydrogens is 402 g/mol. The fraction of sp³-hybridized carbons (Fsp3) is 0.0909. The van der Waals surface area contributed by atoms with Gasteiger partial charge in [0.2, 0.25) is 11.8 Å². The van der Waals surface area contributed by atoms with Crippen molar-refractivity contribution < 1.29 is 9.53 Å². The third-order valence-electron chi connectivity index (χ3n) is 4.21. The number of rotatable bonds is 6. The second-order valence-corrected chi connectivity index (χ2v) is 7.00. The van der Waals surface area contributed by atoms with E-state index in [2.05, 4.69) is 20.3 Å². The molecule has 0 saturated heterocycles. The van der Waals surface area contributed by atoms with Crippen molar-refractivity contribution in [2.45, 2.75) is 13.3 Å². The predicted molar refractivity (Wildman–Crippen MR) is 114 cm³/mol. The molecule has 0 saturated carbocycles. The Kier molecular flexibility index (Phi) is 5.72. The number of halogens is 1. The molecule has 4 aromatic rings. The van der Waals surface area contributed by atoms with E-state index in [-0.39, 0.29) is 12.3 Å². The number of benzene rings is 2. The van der Waals surface area contributed by atoms with Gasteiger partial charge in [-0.3, -0.25) is 9.36 Å². The molecule has 7 nitrogen and oxygen atoms in total. The minimum Gasteiger partial charge on any atom is -0.439 e. The van der Waals surface area contributed by atoms with Crippen LogP contribution in [0.15, 0.2) is 73.3 Å². The number of nitrogens with one attached hydrogen (secondary N) is 1. The molecule has 0 fully saturated rings. The second-order valence-electron chi connectivity index (χ2n) is 6.56. The summed E-state index contributed by atoms with van der Waals surface area (Å²) in [6, 6.07) is 16.0. The number of aromatic nitrogens is 4. The summed E-state index contributed by atoms with van der Waals surface area (Å²) >= 11 is 5.87. The van der Waals surface area contributed by atoms with Crippen LogP contribution in [-0.4, -0.2) is 25.4 Å². The van der Waals surface area contributed by atoms with Gasteiger partial charge in [0.1, 0.15) is 23.7 Å². The zero-order valence-corrected chi connectivity index (χ0v) is 16.9. The van der Waals surface area contributed by atoms with Crippen LogP contribution in [0.25, 0.3) is 5.82 Å². The van der Waals surface area contributed by atoms with Crippen molar-refractivity contribution in [3.8, 4) is 17.4 Å². The first-order valence-corrected chi connectivity index (χ1v) is 9.59. The van der Waals surface area contributed by atoms with Crippen LogP contribution in [0.2, 0.25) is 5.02 Å². The number of imidazole rings is 1. The van der Waals surface area contributed by atoms with E-state index in [1.165, 1.54) is 0 Å². The van der Waals surface area contributed by atoms with E-state index in [1.54, 1.807) is 72.7 Å². The van der Waals surface area contributed by atoms with E-state index in [1.807, 2.05) is 12.1 Å².